The molecule has 1 aliphatic carbocycles. The van der Waals surface area contributed by atoms with Gasteiger partial charge in [0.15, 0.2) is 5.78 Å². The molecule has 1 aromatic rings. The van der Waals surface area contributed by atoms with Crippen molar-refractivity contribution in [3.8, 4) is 0 Å². The molecule has 0 aromatic heterocycles. The zero-order valence-corrected chi connectivity index (χ0v) is 17.3. The summed E-state index contributed by atoms with van der Waals surface area (Å²) in [5.41, 5.74) is 4.37. The molecule has 2 rings (SSSR count). The fourth-order valence-corrected chi connectivity index (χ4v) is 2.88. The summed E-state index contributed by atoms with van der Waals surface area (Å²) in [6.07, 6.45) is 12.6. The summed E-state index contributed by atoms with van der Waals surface area (Å²) >= 11 is 0. The van der Waals surface area contributed by atoms with Gasteiger partial charge in [-0.1, -0.05) is 76.8 Å². The van der Waals surface area contributed by atoms with E-state index in [1.807, 2.05) is 19.1 Å². The topological polar surface area (TPSA) is 17.1 Å². The lowest BCUT2D eigenvalue weighted by atomic mass is 9.85. The first-order valence-corrected chi connectivity index (χ1v) is 10.0. The molecular weight excluding hydrogens is 335 g/mol. The Morgan fingerprint density at radius 3 is 2.15 bits per heavy atom. The number of benzene rings is 1. The van der Waals surface area contributed by atoms with Crippen molar-refractivity contribution in [2.75, 3.05) is 0 Å². The van der Waals surface area contributed by atoms with Crippen LogP contribution in [0.2, 0.25) is 0 Å². The van der Waals surface area contributed by atoms with E-state index in [1.54, 1.807) is 18.2 Å². The van der Waals surface area contributed by atoms with Gasteiger partial charge >= 0.3 is 0 Å². The van der Waals surface area contributed by atoms with Gasteiger partial charge in [0.05, 0.1) is 0 Å². The van der Waals surface area contributed by atoms with Crippen LogP contribution in [0.25, 0.3) is 5.57 Å². The molecule has 1 nitrogen and oxygen atoms in total. The molecule has 0 saturated carbocycles. The maximum atomic E-state index is 13.0. The van der Waals surface area contributed by atoms with Crippen LogP contribution < -0.4 is 0 Å². The Balaban J connectivity index is 0.000000527. The first-order valence-electron chi connectivity index (χ1n) is 10.0. The molecule has 0 bridgehead atoms. The number of ketones is 1. The zero-order chi connectivity index (χ0) is 20.2. The summed E-state index contributed by atoms with van der Waals surface area (Å²) in [5.74, 6) is -0.306. The third-order valence-corrected chi connectivity index (χ3v) is 4.64. The Morgan fingerprint density at radius 2 is 1.70 bits per heavy atom. The molecule has 0 N–H and O–H groups in total. The van der Waals surface area contributed by atoms with Gasteiger partial charge in [-0.2, -0.15) is 0 Å². The number of carbonyl (C=O) groups is 1. The lowest BCUT2D eigenvalue weighted by Gasteiger charge is -2.18. The molecule has 2 heteroatoms. The van der Waals surface area contributed by atoms with E-state index in [0.717, 1.165) is 28.7 Å². The zero-order valence-electron chi connectivity index (χ0n) is 17.3. The van der Waals surface area contributed by atoms with Crippen molar-refractivity contribution in [3.63, 3.8) is 0 Å². The van der Waals surface area contributed by atoms with Crippen molar-refractivity contribution < 1.29 is 9.18 Å². The summed E-state index contributed by atoms with van der Waals surface area (Å²) in [5, 5.41) is 0. The van der Waals surface area contributed by atoms with Crippen LogP contribution in [-0.2, 0) is 4.79 Å². The standard InChI is InChI=1S/C19H19FO.C6H14/c1-4-14(5-2)11-18-13(3)10-16(12-19(18)21)15-6-8-17(20)9-7-15;1-3-5-6-4-2/h4,6-9,11-12H,3,5,10H2,1-2H3;3-6H2,1-2H3/b14-4-,18-11+;. The Hall–Kier alpha value is -2.22. The largest absolute Gasteiger partial charge is 0.289 e. The van der Waals surface area contributed by atoms with E-state index < -0.39 is 0 Å². The number of hydrogen-bond acceptors (Lipinski definition) is 1. The summed E-state index contributed by atoms with van der Waals surface area (Å²) in [6.45, 7) is 12.5. The quantitative estimate of drug-likeness (QED) is 0.373. The average molecular weight is 369 g/mol. The molecule has 0 radical (unpaired) electrons. The molecule has 0 aliphatic heterocycles. The third kappa shape index (κ3) is 7.50. The Kier molecular flexibility index (Phi) is 10.3. The predicted molar refractivity (Wildman–Crippen MR) is 115 cm³/mol. The summed E-state index contributed by atoms with van der Waals surface area (Å²) in [7, 11) is 0. The van der Waals surface area contributed by atoms with E-state index in [4.69, 9.17) is 0 Å². The van der Waals surface area contributed by atoms with Crippen molar-refractivity contribution in [3.05, 3.63) is 77.2 Å². The highest BCUT2D eigenvalue weighted by molar-refractivity contribution is 6.13. The lowest BCUT2D eigenvalue weighted by Crippen LogP contribution is -2.09. The highest BCUT2D eigenvalue weighted by atomic mass is 19.1. The van der Waals surface area contributed by atoms with Crippen LogP contribution in [0.1, 0.15) is 71.8 Å². The van der Waals surface area contributed by atoms with Crippen molar-refractivity contribution in [1.29, 1.82) is 0 Å². The third-order valence-electron chi connectivity index (χ3n) is 4.64. The monoisotopic (exact) mass is 368 g/mol. The van der Waals surface area contributed by atoms with Gasteiger partial charge < -0.3 is 0 Å². The van der Waals surface area contributed by atoms with Crippen LogP contribution in [0, 0.1) is 5.82 Å². The van der Waals surface area contributed by atoms with Crippen LogP contribution in [0.3, 0.4) is 0 Å². The smallest absolute Gasteiger partial charge is 0.186 e. The second-order valence-electron chi connectivity index (χ2n) is 6.80. The van der Waals surface area contributed by atoms with Gasteiger partial charge in [0.25, 0.3) is 0 Å². The normalized spacial score (nSPS) is 16.1. The minimum Gasteiger partial charge on any atom is -0.289 e. The molecule has 0 unspecified atom stereocenters. The van der Waals surface area contributed by atoms with E-state index in [0.29, 0.717) is 12.0 Å². The molecule has 0 saturated heterocycles. The van der Waals surface area contributed by atoms with Gasteiger partial charge in [-0.05, 0) is 60.8 Å². The van der Waals surface area contributed by atoms with E-state index in [9.17, 15) is 9.18 Å². The number of rotatable bonds is 6. The van der Waals surface area contributed by atoms with Crippen LogP contribution >= 0.6 is 0 Å². The van der Waals surface area contributed by atoms with Gasteiger partial charge in [0.1, 0.15) is 5.82 Å². The van der Waals surface area contributed by atoms with Gasteiger partial charge in [-0.25, -0.2) is 4.39 Å². The second kappa shape index (κ2) is 12.2. The van der Waals surface area contributed by atoms with E-state index in [-0.39, 0.29) is 11.6 Å². The van der Waals surface area contributed by atoms with E-state index in [2.05, 4.69) is 27.4 Å². The Morgan fingerprint density at radius 1 is 1.11 bits per heavy atom. The fraction of sp³-hybridized carbons (Fsp3) is 0.400. The minimum absolute atomic E-state index is 0.0293. The highest BCUT2D eigenvalue weighted by Crippen LogP contribution is 2.32. The molecule has 1 aliphatic rings. The van der Waals surface area contributed by atoms with Crippen LogP contribution in [0.15, 0.2) is 65.8 Å². The maximum Gasteiger partial charge on any atom is 0.186 e. The second-order valence-corrected chi connectivity index (χ2v) is 6.80. The number of hydrogen-bond donors (Lipinski definition) is 0. The Bertz CT molecular complexity index is 713. The minimum atomic E-state index is -0.276. The molecule has 0 fully saturated rings. The highest BCUT2D eigenvalue weighted by Gasteiger charge is 2.20. The van der Waals surface area contributed by atoms with Gasteiger partial charge in [0, 0.05) is 5.57 Å². The van der Waals surface area contributed by atoms with Crippen LogP contribution in [0.5, 0.6) is 0 Å². The molecule has 0 atom stereocenters. The van der Waals surface area contributed by atoms with E-state index in [1.165, 1.54) is 37.8 Å². The van der Waals surface area contributed by atoms with E-state index >= 15 is 0 Å². The number of carbonyl (C=O) groups excluding carboxylic acids is 1. The fourth-order valence-electron chi connectivity index (χ4n) is 2.88. The van der Waals surface area contributed by atoms with Gasteiger partial charge in [0.2, 0.25) is 0 Å². The van der Waals surface area contributed by atoms with Crippen molar-refractivity contribution in [2.24, 2.45) is 0 Å². The SMILES string of the molecule is C=C1CC(c2ccc(F)cc2)=CC(=O)/C1=C/C(=C\C)CC.CCCCCC. The number of unbranched alkanes of at least 4 members (excludes halogenated alkanes) is 3. The molecular formula is C25H33FO. The summed E-state index contributed by atoms with van der Waals surface area (Å²) in [6, 6.07) is 6.20. The average Bonchev–Trinajstić information content (AvgIpc) is 2.67. The van der Waals surface area contributed by atoms with Crippen LogP contribution in [0.4, 0.5) is 4.39 Å². The maximum absolute atomic E-state index is 13.0. The number of allylic oxidation sites excluding steroid dienone is 7. The Labute approximate surface area is 164 Å². The van der Waals surface area contributed by atoms with Crippen molar-refractivity contribution in [1.82, 2.24) is 0 Å². The predicted octanol–water partition coefficient (Wildman–Crippen LogP) is 7.61. The van der Waals surface area contributed by atoms with Gasteiger partial charge in [-0.3, -0.25) is 4.79 Å². The van der Waals surface area contributed by atoms with Crippen LogP contribution in [-0.4, -0.2) is 5.78 Å². The molecule has 146 valence electrons. The summed E-state index contributed by atoms with van der Waals surface area (Å²) < 4.78 is 13.0. The first-order chi connectivity index (χ1) is 13.0. The molecule has 0 amide bonds. The van der Waals surface area contributed by atoms with Crippen molar-refractivity contribution >= 4 is 11.4 Å². The van der Waals surface area contributed by atoms with Crippen molar-refractivity contribution in [2.45, 2.75) is 66.2 Å². The molecule has 0 heterocycles. The molecule has 0 spiro atoms. The van der Waals surface area contributed by atoms with Gasteiger partial charge in [-0.15, -0.1) is 0 Å². The lowest BCUT2D eigenvalue weighted by molar-refractivity contribution is -0.111. The summed E-state index contributed by atoms with van der Waals surface area (Å²) in [4.78, 5) is 12.3. The molecule has 27 heavy (non-hydrogen) atoms. The first kappa shape index (κ1) is 22.8. The number of halogens is 1. The molecule has 1 aromatic carbocycles.